The number of benzene rings is 3. The van der Waals surface area contributed by atoms with Gasteiger partial charge >= 0.3 is 0 Å². The Labute approximate surface area is 186 Å². The van der Waals surface area contributed by atoms with Crippen LogP contribution in [-0.2, 0) is 14.8 Å². The molecule has 0 saturated carbocycles. The van der Waals surface area contributed by atoms with Gasteiger partial charge in [-0.1, -0.05) is 29.8 Å². The van der Waals surface area contributed by atoms with E-state index in [1.807, 2.05) is 6.92 Å². The molecule has 0 aliphatic carbocycles. The van der Waals surface area contributed by atoms with E-state index in [9.17, 15) is 18.0 Å². The maximum Gasteiger partial charge on any atom is 0.264 e. The van der Waals surface area contributed by atoms with Gasteiger partial charge in [0.15, 0.2) is 0 Å². The zero-order valence-corrected chi connectivity index (χ0v) is 18.4. The number of anilines is 2. The molecule has 0 saturated heterocycles. The van der Waals surface area contributed by atoms with E-state index in [1.54, 1.807) is 48.5 Å². The highest BCUT2D eigenvalue weighted by molar-refractivity contribution is 7.92. The number of hydrogen-bond donors (Lipinski definition) is 2. The van der Waals surface area contributed by atoms with Gasteiger partial charge < -0.3 is 15.8 Å². The van der Waals surface area contributed by atoms with Crippen LogP contribution in [0, 0.1) is 6.92 Å². The molecule has 2 amide bonds. The molecule has 0 heterocycles. The maximum atomic E-state index is 13.4. The zero-order valence-electron chi connectivity index (χ0n) is 17.6. The molecule has 3 rings (SSSR count). The van der Waals surface area contributed by atoms with E-state index >= 15 is 0 Å². The molecule has 0 unspecified atom stereocenters. The highest BCUT2D eigenvalue weighted by atomic mass is 32.2. The van der Waals surface area contributed by atoms with Crippen LogP contribution in [0.15, 0.2) is 77.7 Å². The number of carbonyl (C=O) groups excluding carboxylic acids is 2. The summed E-state index contributed by atoms with van der Waals surface area (Å²) in [4.78, 5) is 24.5. The summed E-state index contributed by atoms with van der Waals surface area (Å²) >= 11 is 0. The summed E-state index contributed by atoms with van der Waals surface area (Å²) in [5, 5.41) is 2.58. The van der Waals surface area contributed by atoms with Gasteiger partial charge in [-0.2, -0.15) is 0 Å². The van der Waals surface area contributed by atoms with Crippen LogP contribution in [0.4, 0.5) is 11.4 Å². The summed E-state index contributed by atoms with van der Waals surface area (Å²) in [7, 11) is -2.56. The smallest absolute Gasteiger partial charge is 0.264 e. The number of ether oxygens (including phenoxy) is 1. The Bertz CT molecular complexity index is 1220. The molecule has 9 heteroatoms. The Morgan fingerprint density at radius 3 is 2.19 bits per heavy atom. The Hall–Kier alpha value is -3.85. The molecule has 0 aliphatic rings. The SMILES string of the molecule is COc1ccc(N(CC(=O)Nc2ccccc2C(N)=O)S(=O)(=O)c2ccc(C)cc2)cc1. The monoisotopic (exact) mass is 453 g/mol. The molecule has 0 aromatic heterocycles. The van der Waals surface area contributed by atoms with E-state index in [-0.39, 0.29) is 21.8 Å². The van der Waals surface area contributed by atoms with Crippen molar-refractivity contribution in [1.29, 1.82) is 0 Å². The molecule has 8 nitrogen and oxygen atoms in total. The molecule has 0 atom stereocenters. The molecular weight excluding hydrogens is 430 g/mol. The third-order valence-corrected chi connectivity index (χ3v) is 6.51. The van der Waals surface area contributed by atoms with Gasteiger partial charge in [0.1, 0.15) is 12.3 Å². The van der Waals surface area contributed by atoms with E-state index in [0.717, 1.165) is 9.87 Å². The average molecular weight is 454 g/mol. The lowest BCUT2D eigenvalue weighted by Crippen LogP contribution is -2.38. The fourth-order valence-electron chi connectivity index (χ4n) is 3.03. The van der Waals surface area contributed by atoms with Crippen molar-refractivity contribution in [1.82, 2.24) is 0 Å². The summed E-state index contributed by atoms with van der Waals surface area (Å²) in [5.74, 6) is -0.799. The van der Waals surface area contributed by atoms with Crippen LogP contribution >= 0.6 is 0 Å². The normalized spacial score (nSPS) is 10.9. The van der Waals surface area contributed by atoms with E-state index in [2.05, 4.69) is 5.32 Å². The highest BCUT2D eigenvalue weighted by Gasteiger charge is 2.27. The summed E-state index contributed by atoms with van der Waals surface area (Å²) in [5.41, 5.74) is 6.87. The largest absolute Gasteiger partial charge is 0.497 e. The van der Waals surface area contributed by atoms with Crippen molar-refractivity contribution in [3.8, 4) is 5.75 Å². The van der Waals surface area contributed by atoms with Crippen LogP contribution in [0.25, 0.3) is 0 Å². The molecule has 32 heavy (non-hydrogen) atoms. The average Bonchev–Trinajstić information content (AvgIpc) is 2.78. The molecule has 3 N–H and O–H groups in total. The van der Waals surface area contributed by atoms with Crippen molar-refractivity contribution in [2.75, 3.05) is 23.3 Å². The third-order valence-electron chi connectivity index (χ3n) is 4.72. The van der Waals surface area contributed by atoms with E-state index < -0.39 is 28.4 Å². The molecule has 166 valence electrons. The third kappa shape index (κ3) is 5.06. The van der Waals surface area contributed by atoms with Crippen LogP contribution in [0.5, 0.6) is 5.75 Å². The summed E-state index contributed by atoms with van der Waals surface area (Å²) in [6.45, 7) is 1.33. The summed E-state index contributed by atoms with van der Waals surface area (Å²) in [6, 6.07) is 18.9. The van der Waals surface area contributed by atoms with Gasteiger partial charge in [-0.15, -0.1) is 0 Å². The molecule has 3 aromatic carbocycles. The number of rotatable bonds is 8. The van der Waals surface area contributed by atoms with Gasteiger partial charge in [-0.3, -0.25) is 13.9 Å². The standard InChI is InChI=1S/C23H23N3O5S/c1-16-7-13-19(14-8-16)32(29,30)26(17-9-11-18(31-2)12-10-17)15-22(27)25-21-6-4-3-5-20(21)23(24)28/h3-14H,15H2,1-2H3,(H2,24,28)(H,25,27). The lowest BCUT2D eigenvalue weighted by Gasteiger charge is -2.24. The van der Waals surface area contributed by atoms with Crippen molar-refractivity contribution in [3.63, 3.8) is 0 Å². The molecule has 0 radical (unpaired) electrons. The van der Waals surface area contributed by atoms with E-state index in [1.165, 1.54) is 31.4 Å². The van der Waals surface area contributed by atoms with Gasteiger partial charge in [0, 0.05) is 0 Å². The minimum absolute atomic E-state index is 0.0456. The Kier molecular flexibility index (Phi) is 6.79. The van der Waals surface area contributed by atoms with Crippen LogP contribution < -0.4 is 20.1 Å². The van der Waals surface area contributed by atoms with Crippen LogP contribution in [-0.4, -0.2) is 33.9 Å². The van der Waals surface area contributed by atoms with Crippen molar-refractivity contribution in [2.45, 2.75) is 11.8 Å². The number of sulfonamides is 1. The van der Waals surface area contributed by atoms with Crippen LogP contribution in [0.2, 0.25) is 0 Å². The maximum absolute atomic E-state index is 13.4. The van der Waals surface area contributed by atoms with Crippen molar-refractivity contribution < 1.29 is 22.7 Å². The number of nitrogens with two attached hydrogens (primary N) is 1. The van der Waals surface area contributed by atoms with Crippen molar-refractivity contribution in [3.05, 3.63) is 83.9 Å². The first-order valence-corrected chi connectivity index (χ1v) is 11.1. The highest BCUT2D eigenvalue weighted by Crippen LogP contribution is 2.26. The first-order chi connectivity index (χ1) is 15.2. The van der Waals surface area contributed by atoms with Gasteiger partial charge in [-0.05, 0) is 55.5 Å². The molecule has 0 fully saturated rings. The molecule has 0 spiro atoms. The fourth-order valence-corrected chi connectivity index (χ4v) is 4.45. The van der Waals surface area contributed by atoms with Crippen molar-refractivity contribution >= 4 is 33.2 Å². The predicted molar refractivity (Wildman–Crippen MR) is 122 cm³/mol. The van der Waals surface area contributed by atoms with Crippen LogP contribution in [0.1, 0.15) is 15.9 Å². The minimum Gasteiger partial charge on any atom is -0.497 e. The Morgan fingerprint density at radius 2 is 1.59 bits per heavy atom. The number of amides is 2. The lowest BCUT2D eigenvalue weighted by atomic mass is 10.1. The predicted octanol–water partition coefficient (Wildman–Crippen LogP) is 2.94. The number of primary amides is 1. The summed E-state index contributed by atoms with van der Waals surface area (Å²) in [6.07, 6.45) is 0. The van der Waals surface area contributed by atoms with E-state index in [0.29, 0.717) is 5.75 Å². The lowest BCUT2D eigenvalue weighted by molar-refractivity contribution is -0.114. The minimum atomic E-state index is -4.06. The number of carbonyl (C=O) groups is 2. The number of methoxy groups -OCH3 is 1. The molecule has 0 bridgehead atoms. The number of nitrogens with one attached hydrogen (secondary N) is 1. The topological polar surface area (TPSA) is 119 Å². The first kappa shape index (κ1) is 22.8. The number of hydrogen-bond acceptors (Lipinski definition) is 5. The van der Waals surface area contributed by atoms with Crippen molar-refractivity contribution in [2.24, 2.45) is 5.73 Å². The van der Waals surface area contributed by atoms with Gasteiger partial charge in [0.2, 0.25) is 5.91 Å². The second kappa shape index (κ2) is 9.52. The number of para-hydroxylation sites is 1. The second-order valence-electron chi connectivity index (χ2n) is 6.98. The van der Waals surface area contributed by atoms with Gasteiger partial charge in [-0.25, -0.2) is 8.42 Å². The first-order valence-electron chi connectivity index (χ1n) is 9.64. The molecular formula is C23H23N3O5S. The molecule has 0 aliphatic heterocycles. The van der Waals surface area contributed by atoms with E-state index in [4.69, 9.17) is 10.5 Å². The quantitative estimate of drug-likeness (QED) is 0.544. The van der Waals surface area contributed by atoms with Crippen LogP contribution in [0.3, 0.4) is 0 Å². The number of aryl methyl sites for hydroxylation is 1. The van der Waals surface area contributed by atoms with Gasteiger partial charge in [0.25, 0.3) is 15.9 Å². The Balaban J connectivity index is 1.96. The molecule has 3 aromatic rings. The summed E-state index contributed by atoms with van der Waals surface area (Å²) < 4.78 is 32.9. The Morgan fingerprint density at radius 1 is 0.969 bits per heavy atom. The fraction of sp³-hybridized carbons (Fsp3) is 0.130. The zero-order chi connectivity index (χ0) is 23.3. The number of nitrogens with zero attached hydrogens (tertiary/aromatic N) is 1. The van der Waals surface area contributed by atoms with Gasteiger partial charge in [0.05, 0.1) is 28.9 Å². The second-order valence-corrected chi connectivity index (χ2v) is 8.84.